The van der Waals surface area contributed by atoms with E-state index in [-0.39, 0.29) is 34.2 Å². The Morgan fingerprint density at radius 1 is 1.28 bits per heavy atom. The number of rotatable bonds is 2. The van der Waals surface area contributed by atoms with Crippen molar-refractivity contribution in [2.24, 2.45) is 11.3 Å². The van der Waals surface area contributed by atoms with Crippen LogP contribution in [-0.4, -0.2) is 29.2 Å². The number of methoxy groups -OCH3 is 1. The predicted octanol–water partition coefficient (Wildman–Crippen LogP) is 4.17. The summed E-state index contributed by atoms with van der Waals surface area (Å²) in [7, 11) is 1.56. The molecule has 0 spiro atoms. The van der Waals surface area contributed by atoms with E-state index in [4.69, 9.17) is 4.74 Å². The van der Waals surface area contributed by atoms with Gasteiger partial charge in [-0.1, -0.05) is 34.6 Å². The minimum absolute atomic E-state index is 0.00995. The maximum atomic E-state index is 13.0. The number of benzene rings is 1. The van der Waals surface area contributed by atoms with Crippen molar-refractivity contribution in [3.8, 4) is 11.5 Å². The highest BCUT2D eigenvalue weighted by molar-refractivity contribution is 6.01. The number of Topliss-reactive ketones (excluding diaryl/α,β-unsaturated/α-hetero) is 1. The Balaban J connectivity index is 2.29. The summed E-state index contributed by atoms with van der Waals surface area (Å²) in [6.07, 6.45) is 1.40. The minimum atomic E-state index is -0.432. The molecule has 2 aliphatic rings. The van der Waals surface area contributed by atoms with E-state index in [0.29, 0.717) is 24.2 Å². The number of hydrogen-bond donors (Lipinski definition) is 2. The average Bonchev–Trinajstić information content (AvgIpc) is 2.53. The predicted molar refractivity (Wildman–Crippen MR) is 97.6 cm³/mol. The zero-order valence-electron chi connectivity index (χ0n) is 16.1. The van der Waals surface area contributed by atoms with Crippen LogP contribution in [0.25, 0.3) is 0 Å². The summed E-state index contributed by atoms with van der Waals surface area (Å²) in [6.45, 7) is 10.3. The molecule has 1 saturated carbocycles. The molecule has 0 aromatic heterocycles. The monoisotopic (exact) mass is 346 g/mol. The van der Waals surface area contributed by atoms with E-state index < -0.39 is 6.10 Å². The second-order valence-corrected chi connectivity index (χ2v) is 8.90. The van der Waals surface area contributed by atoms with Gasteiger partial charge in [-0.25, -0.2) is 0 Å². The molecule has 1 aromatic rings. The molecule has 0 amide bonds. The minimum Gasteiger partial charge on any atom is -0.504 e. The van der Waals surface area contributed by atoms with Crippen molar-refractivity contribution in [1.82, 2.24) is 0 Å². The van der Waals surface area contributed by atoms with E-state index in [9.17, 15) is 15.0 Å². The molecule has 0 heterocycles. The first-order chi connectivity index (χ1) is 11.6. The second kappa shape index (κ2) is 5.73. The molecule has 2 N–H and O–H groups in total. The van der Waals surface area contributed by atoms with Crippen LogP contribution in [0.2, 0.25) is 0 Å². The number of aliphatic hydroxyl groups is 1. The Labute approximate surface area is 150 Å². The van der Waals surface area contributed by atoms with Gasteiger partial charge in [0, 0.05) is 28.5 Å². The number of ether oxygens (including phenoxy) is 1. The first kappa shape index (κ1) is 18.2. The highest BCUT2D eigenvalue weighted by Crippen LogP contribution is 2.60. The van der Waals surface area contributed by atoms with Gasteiger partial charge in [0.2, 0.25) is 0 Å². The van der Waals surface area contributed by atoms with E-state index >= 15 is 0 Å². The van der Waals surface area contributed by atoms with Crippen molar-refractivity contribution in [2.75, 3.05) is 7.11 Å². The number of aromatic hydroxyl groups is 1. The third-order valence-corrected chi connectivity index (χ3v) is 6.83. The Bertz CT molecular complexity index is 719. The van der Waals surface area contributed by atoms with Gasteiger partial charge in [-0.05, 0) is 36.2 Å². The van der Waals surface area contributed by atoms with Crippen LogP contribution in [0.15, 0.2) is 6.07 Å². The molecule has 0 saturated heterocycles. The van der Waals surface area contributed by atoms with Crippen LogP contribution in [0.3, 0.4) is 0 Å². The highest BCUT2D eigenvalue weighted by atomic mass is 16.5. The van der Waals surface area contributed by atoms with E-state index in [1.54, 1.807) is 7.11 Å². The SMILES string of the molecule is COc1c(C(C)C)cc2c(c1O)[C@@]1(C)CC[C@H](O)C(C)(C)[C@H]1CC2=O. The van der Waals surface area contributed by atoms with Crippen LogP contribution in [0.1, 0.15) is 81.3 Å². The number of fused-ring (bicyclic) bond motifs is 3. The quantitative estimate of drug-likeness (QED) is 0.843. The molecule has 4 nitrogen and oxygen atoms in total. The summed E-state index contributed by atoms with van der Waals surface area (Å²) in [5.41, 5.74) is 1.49. The van der Waals surface area contributed by atoms with Gasteiger partial charge in [-0.15, -0.1) is 0 Å². The molecular weight excluding hydrogens is 316 g/mol. The van der Waals surface area contributed by atoms with Gasteiger partial charge in [0.1, 0.15) is 0 Å². The van der Waals surface area contributed by atoms with Gasteiger partial charge in [-0.3, -0.25) is 4.79 Å². The van der Waals surface area contributed by atoms with Gasteiger partial charge >= 0.3 is 0 Å². The Kier molecular flexibility index (Phi) is 4.18. The first-order valence-electron chi connectivity index (χ1n) is 9.21. The number of phenolic OH excluding ortho intramolecular Hbond substituents is 1. The normalized spacial score (nSPS) is 30.8. The van der Waals surface area contributed by atoms with Crippen LogP contribution in [0, 0.1) is 11.3 Å². The summed E-state index contributed by atoms with van der Waals surface area (Å²) in [6, 6.07) is 1.92. The largest absolute Gasteiger partial charge is 0.504 e. The Morgan fingerprint density at radius 2 is 1.92 bits per heavy atom. The highest BCUT2D eigenvalue weighted by Gasteiger charge is 2.56. The smallest absolute Gasteiger partial charge is 0.164 e. The summed E-state index contributed by atoms with van der Waals surface area (Å²) in [5, 5.41) is 21.6. The standard InChI is InChI=1S/C21H30O4/c1-11(2)12-9-13-14(22)10-15-20(3,4)16(23)7-8-21(15,5)17(13)18(24)19(12)25-6/h9,11,15-16,23-24H,7-8,10H2,1-6H3/t15-,16+,21+/m1/s1. The molecule has 25 heavy (non-hydrogen) atoms. The molecule has 3 rings (SSSR count). The molecular formula is C21H30O4. The average molecular weight is 346 g/mol. The number of carbonyl (C=O) groups excluding carboxylic acids is 1. The van der Waals surface area contributed by atoms with Crippen LogP contribution in [0.5, 0.6) is 11.5 Å². The van der Waals surface area contributed by atoms with E-state index in [1.807, 2.05) is 33.8 Å². The third kappa shape index (κ3) is 2.41. The third-order valence-electron chi connectivity index (χ3n) is 6.83. The maximum absolute atomic E-state index is 13.0. The number of ketones is 1. The Morgan fingerprint density at radius 3 is 2.48 bits per heavy atom. The molecule has 3 atom stereocenters. The van der Waals surface area contributed by atoms with Crippen LogP contribution >= 0.6 is 0 Å². The first-order valence-corrected chi connectivity index (χ1v) is 9.21. The molecule has 0 bridgehead atoms. The van der Waals surface area contributed by atoms with Crippen molar-refractivity contribution in [2.45, 2.75) is 71.3 Å². The van der Waals surface area contributed by atoms with Gasteiger partial charge < -0.3 is 14.9 Å². The number of hydrogen-bond acceptors (Lipinski definition) is 4. The van der Waals surface area contributed by atoms with Gasteiger partial charge in [0.05, 0.1) is 13.2 Å². The van der Waals surface area contributed by atoms with E-state index in [2.05, 4.69) is 6.92 Å². The molecule has 0 radical (unpaired) electrons. The molecule has 1 fully saturated rings. The van der Waals surface area contributed by atoms with E-state index in [1.165, 1.54) is 0 Å². The van der Waals surface area contributed by atoms with E-state index in [0.717, 1.165) is 17.5 Å². The zero-order chi connectivity index (χ0) is 18.7. The number of phenols is 1. The lowest BCUT2D eigenvalue weighted by Crippen LogP contribution is -2.54. The van der Waals surface area contributed by atoms with Crippen molar-refractivity contribution in [3.63, 3.8) is 0 Å². The second-order valence-electron chi connectivity index (χ2n) is 8.90. The zero-order valence-corrected chi connectivity index (χ0v) is 16.1. The Hall–Kier alpha value is -1.55. The molecule has 138 valence electrons. The van der Waals surface area contributed by atoms with Crippen LogP contribution < -0.4 is 4.74 Å². The lowest BCUT2D eigenvalue weighted by molar-refractivity contribution is -0.0692. The molecule has 1 aromatic carbocycles. The maximum Gasteiger partial charge on any atom is 0.164 e. The molecule has 0 unspecified atom stereocenters. The van der Waals surface area contributed by atoms with Gasteiger partial charge in [0.25, 0.3) is 0 Å². The summed E-state index contributed by atoms with van der Waals surface area (Å²) >= 11 is 0. The van der Waals surface area contributed by atoms with Crippen LogP contribution in [-0.2, 0) is 5.41 Å². The molecule has 0 aliphatic heterocycles. The topological polar surface area (TPSA) is 66.8 Å². The fourth-order valence-corrected chi connectivity index (χ4v) is 5.23. The lowest BCUT2D eigenvalue weighted by Gasteiger charge is -2.55. The number of aliphatic hydroxyl groups excluding tert-OH is 1. The van der Waals surface area contributed by atoms with Gasteiger partial charge in [-0.2, -0.15) is 0 Å². The fraction of sp³-hybridized carbons (Fsp3) is 0.667. The summed E-state index contributed by atoms with van der Waals surface area (Å²) in [4.78, 5) is 13.0. The van der Waals surface area contributed by atoms with Crippen molar-refractivity contribution in [1.29, 1.82) is 0 Å². The number of carbonyl (C=O) groups is 1. The fourth-order valence-electron chi connectivity index (χ4n) is 5.23. The van der Waals surface area contributed by atoms with Crippen molar-refractivity contribution < 1.29 is 19.7 Å². The lowest BCUT2D eigenvalue weighted by atomic mass is 9.49. The molecule has 2 aliphatic carbocycles. The molecule has 4 heteroatoms. The van der Waals surface area contributed by atoms with Crippen LogP contribution in [0.4, 0.5) is 0 Å². The van der Waals surface area contributed by atoms with Crippen molar-refractivity contribution >= 4 is 5.78 Å². The van der Waals surface area contributed by atoms with Crippen molar-refractivity contribution in [3.05, 3.63) is 22.8 Å². The summed E-state index contributed by atoms with van der Waals surface area (Å²) in [5.74, 6) is 0.779. The van der Waals surface area contributed by atoms with Gasteiger partial charge in [0.15, 0.2) is 17.3 Å². The summed E-state index contributed by atoms with van der Waals surface area (Å²) < 4.78 is 5.53.